The van der Waals surface area contributed by atoms with E-state index in [9.17, 15) is 9.59 Å². The average molecular weight is 556 g/mol. The molecular formula is C27H23Cl2N3O6. The van der Waals surface area contributed by atoms with Crippen molar-refractivity contribution in [1.82, 2.24) is 10.3 Å². The van der Waals surface area contributed by atoms with Crippen molar-refractivity contribution in [3.8, 4) is 23.0 Å². The Balaban J connectivity index is 1.60. The molecule has 11 heteroatoms. The second-order valence-electron chi connectivity index (χ2n) is 7.76. The molecule has 0 bridgehead atoms. The second-order valence-corrected chi connectivity index (χ2v) is 8.52. The molecule has 0 saturated heterocycles. The molecule has 0 radical (unpaired) electrons. The van der Waals surface area contributed by atoms with Crippen LogP contribution in [0.3, 0.4) is 0 Å². The Labute approximate surface area is 228 Å². The van der Waals surface area contributed by atoms with E-state index < -0.39 is 6.09 Å². The van der Waals surface area contributed by atoms with Crippen molar-refractivity contribution in [2.75, 3.05) is 32.7 Å². The second kappa shape index (κ2) is 12.5. The van der Waals surface area contributed by atoms with Gasteiger partial charge in [-0.1, -0.05) is 41.4 Å². The summed E-state index contributed by atoms with van der Waals surface area (Å²) in [7, 11) is 3.09. The molecular weight excluding hydrogens is 533 g/mol. The lowest BCUT2D eigenvalue weighted by molar-refractivity contribution is 0.0955. The van der Waals surface area contributed by atoms with Gasteiger partial charge in [0.1, 0.15) is 34.6 Å². The molecule has 196 valence electrons. The number of fused-ring (bicyclic) bond motifs is 1. The molecule has 1 aromatic heterocycles. The van der Waals surface area contributed by atoms with Gasteiger partial charge in [0.05, 0.1) is 28.4 Å². The molecule has 0 saturated carbocycles. The SMILES string of the molecule is CNC(=O)c1cc2c(Oc3ccc(NC(=O)Oc4ccccc4)c(Cl)c3Cl)ccnc2cc1OCCOC. The maximum absolute atomic E-state index is 12.6. The molecule has 4 rings (SSSR count). The highest BCUT2D eigenvalue weighted by Gasteiger charge is 2.19. The Bertz CT molecular complexity index is 1470. The van der Waals surface area contributed by atoms with Crippen molar-refractivity contribution in [2.24, 2.45) is 0 Å². The Morgan fingerprint density at radius 2 is 1.71 bits per heavy atom. The van der Waals surface area contributed by atoms with Crippen molar-refractivity contribution in [3.63, 3.8) is 0 Å². The van der Waals surface area contributed by atoms with Crippen LogP contribution < -0.4 is 24.8 Å². The molecule has 1 heterocycles. The third kappa shape index (κ3) is 6.25. The molecule has 0 fully saturated rings. The van der Waals surface area contributed by atoms with Gasteiger partial charge in [0.25, 0.3) is 5.91 Å². The molecule has 0 aliphatic heterocycles. The predicted octanol–water partition coefficient (Wildman–Crippen LogP) is 6.33. The van der Waals surface area contributed by atoms with Gasteiger partial charge in [-0.15, -0.1) is 0 Å². The van der Waals surface area contributed by atoms with Gasteiger partial charge in [0, 0.05) is 31.8 Å². The van der Waals surface area contributed by atoms with E-state index in [0.29, 0.717) is 40.3 Å². The van der Waals surface area contributed by atoms with Crippen molar-refractivity contribution in [2.45, 2.75) is 0 Å². The first-order valence-corrected chi connectivity index (χ1v) is 12.1. The highest BCUT2D eigenvalue weighted by Crippen LogP contribution is 2.41. The molecule has 0 aliphatic rings. The van der Waals surface area contributed by atoms with Crippen LogP contribution in [0.4, 0.5) is 10.5 Å². The summed E-state index contributed by atoms with van der Waals surface area (Å²) in [4.78, 5) is 29.2. The van der Waals surface area contributed by atoms with Crippen molar-refractivity contribution < 1.29 is 28.5 Å². The van der Waals surface area contributed by atoms with Gasteiger partial charge in [-0.2, -0.15) is 0 Å². The highest BCUT2D eigenvalue weighted by atomic mass is 35.5. The summed E-state index contributed by atoms with van der Waals surface area (Å²) in [6, 6.07) is 16.6. The summed E-state index contributed by atoms with van der Waals surface area (Å²) in [5, 5.41) is 5.85. The normalized spacial score (nSPS) is 10.6. The molecule has 38 heavy (non-hydrogen) atoms. The number of amides is 2. The van der Waals surface area contributed by atoms with Crippen molar-refractivity contribution >= 4 is 51.8 Å². The van der Waals surface area contributed by atoms with Gasteiger partial charge in [0.15, 0.2) is 0 Å². The van der Waals surface area contributed by atoms with E-state index in [1.807, 2.05) is 0 Å². The quantitative estimate of drug-likeness (QED) is 0.232. The topological polar surface area (TPSA) is 108 Å². The van der Waals surface area contributed by atoms with Crippen LogP contribution >= 0.6 is 23.2 Å². The maximum Gasteiger partial charge on any atom is 0.417 e. The zero-order valence-corrected chi connectivity index (χ0v) is 21.9. The highest BCUT2D eigenvalue weighted by molar-refractivity contribution is 6.44. The molecule has 0 unspecified atom stereocenters. The fourth-order valence-electron chi connectivity index (χ4n) is 3.46. The van der Waals surface area contributed by atoms with E-state index >= 15 is 0 Å². The first kappa shape index (κ1) is 27.0. The van der Waals surface area contributed by atoms with Gasteiger partial charge in [-0.25, -0.2) is 4.79 Å². The first-order valence-electron chi connectivity index (χ1n) is 11.4. The summed E-state index contributed by atoms with van der Waals surface area (Å²) in [6.45, 7) is 0.617. The fraction of sp³-hybridized carbons (Fsp3) is 0.148. The van der Waals surface area contributed by atoms with E-state index in [1.54, 1.807) is 67.9 Å². The monoisotopic (exact) mass is 555 g/mol. The summed E-state index contributed by atoms with van der Waals surface area (Å²) in [5.41, 5.74) is 1.07. The molecule has 2 amide bonds. The predicted molar refractivity (Wildman–Crippen MR) is 145 cm³/mol. The fourth-order valence-corrected chi connectivity index (χ4v) is 3.87. The number of ether oxygens (including phenoxy) is 4. The average Bonchev–Trinajstić information content (AvgIpc) is 2.92. The Hall–Kier alpha value is -4.05. The molecule has 0 atom stereocenters. The number of carbonyl (C=O) groups excluding carboxylic acids is 2. The Morgan fingerprint density at radius 1 is 0.921 bits per heavy atom. The lowest BCUT2D eigenvalue weighted by Gasteiger charge is -2.15. The lowest BCUT2D eigenvalue weighted by Crippen LogP contribution is -2.19. The van der Waals surface area contributed by atoms with Crippen LogP contribution in [-0.2, 0) is 4.74 Å². The number of hydrogen-bond donors (Lipinski definition) is 2. The van der Waals surface area contributed by atoms with E-state index in [-0.39, 0.29) is 34.0 Å². The Kier molecular flexibility index (Phi) is 8.85. The van der Waals surface area contributed by atoms with Crippen molar-refractivity contribution in [3.05, 3.63) is 82.5 Å². The maximum atomic E-state index is 12.6. The smallest absolute Gasteiger partial charge is 0.417 e. The minimum Gasteiger partial charge on any atom is -0.490 e. The Morgan fingerprint density at radius 3 is 2.45 bits per heavy atom. The van der Waals surface area contributed by atoms with Crippen LogP contribution in [-0.4, -0.2) is 44.4 Å². The third-order valence-electron chi connectivity index (χ3n) is 5.28. The summed E-state index contributed by atoms with van der Waals surface area (Å²) < 4.78 is 22.1. The number of aromatic nitrogens is 1. The van der Waals surface area contributed by atoms with Crippen molar-refractivity contribution in [1.29, 1.82) is 0 Å². The van der Waals surface area contributed by atoms with E-state index in [2.05, 4.69) is 15.6 Å². The molecule has 9 nitrogen and oxygen atoms in total. The molecule has 3 aromatic carbocycles. The minimum atomic E-state index is -0.729. The number of nitrogens with one attached hydrogen (secondary N) is 2. The van der Waals surface area contributed by atoms with Gasteiger partial charge in [-0.05, 0) is 36.4 Å². The molecule has 0 aliphatic carbocycles. The van der Waals surface area contributed by atoms with Crippen LogP contribution in [0, 0.1) is 0 Å². The van der Waals surface area contributed by atoms with Gasteiger partial charge in [-0.3, -0.25) is 15.1 Å². The number of benzene rings is 3. The van der Waals surface area contributed by atoms with Gasteiger partial charge in [0.2, 0.25) is 0 Å². The standard InChI is InChI=1S/C27H23Cl2N3O6/c1-30-26(33)18-14-17-20(15-23(18)36-13-12-35-2)31-11-10-21(17)38-22-9-8-19(24(28)25(22)29)32-27(34)37-16-6-4-3-5-7-16/h3-11,14-15H,12-13H2,1-2H3,(H,30,33)(H,32,34). The molecule has 2 N–H and O–H groups in total. The summed E-state index contributed by atoms with van der Waals surface area (Å²) in [6.07, 6.45) is 0.828. The minimum absolute atomic E-state index is 0.0624. The number of anilines is 1. The number of rotatable bonds is 9. The van der Waals surface area contributed by atoms with E-state index in [4.69, 9.17) is 42.1 Å². The number of pyridine rings is 1. The summed E-state index contributed by atoms with van der Waals surface area (Å²) >= 11 is 12.9. The van der Waals surface area contributed by atoms with Crippen LogP contribution in [0.5, 0.6) is 23.0 Å². The van der Waals surface area contributed by atoms with Crippen LogP contribution in [0.15, 0.2) is 66.9 Å². The van der Waals surface area contributed by atoms with Crippen LogP contribution in [0.2, 0.25) is 10.0 Å². The van der Waals surface area contributed by atoms with Gasteiger partial charge >= 0.3 is 6.09 Å². The largest absolute Gasteiger partial charge is 0.490 e. The first-order chi connectivity index (χ1) is 18.4. The van der Waals surface area contributed by atoms with Gasteiger partial charge < -0.3 is 24.3 Å². The van der Waals surface area contributed by atoms with Crippen LogP contribution in [0.1, 0.15) is 10.4 Å². The number of carbonyl (C=O) groups is 2. The zero-order chi connectivity index (χ0) is 27.1. The lowest BCUT2D eigenvalue weighted by atomic mass is 10.1. The van der Waals surface area contributed by atoms with E-state index in [1.165, 1.54) is 13.1 Å². The number of nitrogens with zero attached hydrogens (tertiary/aromatic N) is 1. The number of para-hydroxylation sites is 1. The third-order valence-corrected chi connectivity index (χ3v) is 6.14. The number of halogens is 2. The summed E-state index contributed by atoms with van der Waals surface area (Å²) in [5.74, 6) is 1.00. The zero-order valence-electron chi connectivity index (χ0n) is 20.4. The van der Waals surface area contributed by atoms with E-state index in [0.717, 1.165) is 0 Å². The number of hydrogen-bond acceptors (Lipinski definition) is 7. The molecule has 0 spiro atoms. The molecule has 4 aromatic rings. The van der Waals surface area contributed by atoms with Crippen LogP contribution in [0.25, 0.3) is 10.9 Å². The number of methoxy groups -OCH3 is 1.